The van der Waals surface area contributed by atoms with Crippen molar-refractivity contribution < 1.29 is 31.7 Å². The molecule has 5 nitrogen and oxygen atoms in total. The Hall–Kier alpha value is 0.535. The van der Waals surface area contributed by atoms with Gasteiger partial charge in [-0.2, -0.15) is 8.78 Å². The highest BCUT2D eigenvalue weighted by Gasteiger charge is 2.61. The van der Waals surface area contributed by atoms with Crippen molar-refractivity contribution in [2.45, 2.75) is 5.40 Å². The monoisotopic (exact) mass is 282 g/mol. The van der Waals surface area contributed by atoms with Gasteiger partial charge in [0.25, 0.3) is 0 Å². The van der Waals surface area contributed by atoms with Gasteiger partial charge in [-0.25, -0.2) is 0 Å². The van der Waals surface area contributed by atoms with E-state index >= 15 is 0 Å². The maximum absolute atomic E-state index is 13.2. The van der Waals surface area contributed by atoms with Crippen LogP contribution in [-0.4, -0.2) is 37.9 Å². The molecule has 0 aromatic carbocycles. The zero-order chi connectivity index (χ0) is 12.7. The van der Waals surface area contributed by atoms with E-state index in [0.717, 1.165) is 14.2 Å². The molecule has 0 aromatic heterocycles. The fraction of sp³-hybridized carbons (Fsp3) is 1.00. The summed E-state index contributed by atoms with van der Waals surface area (Å²) in [6.07, 6.45) is 0. The highest BCUT2D eigenvalue weighted by molar-refractivity contribution is 7.89. The van der Waals surface area contributed by atoms with E-state index in [1.165, 1.54) is 0 Å². The van der Waals surface area contributed by atoms with Crippen LogP contribution in [0.1, 0.15) is 0 Å². The van der Waals surface area contributed by atoms with Crippen molar-refractivity contribution in [3.63, 3.8) is 0 Å². The smallest absolute Gasteiger partial charge is 0.320 e. The number of hydrogen-bond acceptors (Lipinski definition) is 4. The first-order valence-electron chi connectivity index (χ1n) is 3.73. The molecule has 0 fully saturated rings. The third-order valence-electron chi connectivity index (χ3n) is 1.30. The highest BCUT2D eigenvalue weighted by atomic mass is 31.3. The van der Waals surface area contributed by atoms with Crippen molar-refractivity contribution in [3.8, 4) is 0 Å². The Kier molecular flexibility index (Phi) is 4.23. The number of rotatable bonds is 4. The van der Waals surface area contributed by atoms with Crippen molar-refractivity contribution in [3.05, 3.63) is 0 Å². The van der Waals surface area contributed by atoms with Crippen molar-refractivity contribution >= 4 is 29.6 Å². The van der Waals surface area contributed by atoms with Crippen LogP contribution in [0.4, 0.5) is 8.78 Å². The Morgan fingerprint density at radius 2 is 1.53 bits per heavy atom. The van der Waals surface area contributed by atoms with Crippen LogP contribution >= 0.6 is 22.0 Å². The molecular formula is C4H12BF2O5P3. The molecule has 2 unspecified atom stereocenters. The van der Waals surface area contributed by atoms with Gasteiger partial charge in [-0.1, -0.05) is 0 Å². The normalized spacial score (nSPS) is 21.7. The van der Waals surface area contributed by atoms with Crippen LogP contribution in [0.15, 0.2) is 0 Å². The van der Waals surface area contributed by atoms with Gasteiger partial charge in [0, 0.05) is 6.66 Å². The summed E-state index contributed by atoms with van der Waals surface area (Å²) in [5.74, 6) is 0. The van der Waals surface area contributed by atoms with Gasteiger partial charge in [-0.15, -0.1) is 0 Å². The Balaban J connectivity index is 5.32. The molecule has 0 bridgehead atoms. The molecule has 90 valence electrons. The van der Waals surface area contributed by atoms with Gasteiger partial charge in [0.15, 0.2) is 14.4 Å². The van der Waals surface area contributed by atoms with Gasteiger partial charge in [-0.3, -0.25) is 8.88 Å². The fourth-order valence-corrected chi connectivity index (χ4v) is 5.91. The van der Waals surface area contributed by atoms with E-state index in [0.29, 0.717) is 13.3 Å². The first kappa shape index (κ1) is 15.5. The highest BCUT2D eigenvalue weighted by Crippen LogP contribution is 2.77. The Bertz CT molecular complexity index is 384. The molecule has 11 heteroatoms. The van der Waals surface area contributed by atoms with Crippen LogP contribution < -0.4 is 0 Å². The summed E-state index contributed by atoms with van der Waals surface area (Å²) in [6.45, 7) is 2.24. The van der Waals surface area contributed by atoms with E-state index in [1.54, 1.807) is 0 Å². The summed E-state index contributed by atoms with van der Waals surface area (Å²) in [4.78, 5) is 8.95. The zero-order valence-corrected chi connectivity index (χ0v) is 11.4. The Labute approximate surface area is 87.3 Å². The third-order valence-corrected chi connectivity index (χ3v) is 7.93. The summed E-state index contributed by atoms with van der Waals surface area (Å²) in [6, 6.07) is 0. The molecule has 0 saturated carbocycles. The zero-order valence-electron chi connectivity index (χ0n) is 8.68. The Morgan fingerprint density at radius 3 is 1.73 bits per heavy atom. The largest absolute Gasteiger partial charge is 0.409 e. The van der Waals surface area contributed by atoms with Gasteiger partial charge in [-0.05, 0) is 13.3 Å². The standard InChI is InChI=1S/C4H12BF2O5P3/c1-13(2,8)4(6,7)15(10,11)12-14(3,5)9/h5H2,1-3H3,(H,10,11). The molecule has 15 heavy (non-hydrogen) atoms. The van der Waals surface area contributed by atoms with E-state index in [2.05, 4.69) is 4.31 Å². The van der Waals surface area contributed by atoms with Crippen LogP contribution in [0, 0.1) is 0 Å². The molecule has 0 aliphatic rings. The molecule has 2 atom stereocenters. The van der Waals surface area contributed by atoms with Crippen LogP contribution in [0.5, 0.6) is 0 Å². The molecular weight excluding hydrogens is 270 g/mol. The molecule has 0 aromatic rings. The van der Waals surface area contributed by atoms with Gasteiger partial charge in [0.05, 0.1) is 0 Å². The lowest BCUT2D eigenvalue weighted by molar-refractivity contribution is 0.142. The minimum absolute atomic E-state index is 0.662. The predicted molar refractivity (Wildman–Crippen MR) is 57.4 cm³/mol. The second kappa shape index (κ2) is 4.08. The first-order valence-corrected chi connectivity index (χ1v) is 10.4. The molecule has 0 aliphatic heterocycles. The van der Waals surface area contributed by atoms with Crippen LogP contribution in [0.2, 0.25) is 0 Å². The first-order chi connectivity index (χ1) is 6.21. The van der Waals surface area contributed by atoms with Gasteiger partial charge in [0.1, 0.15) is 0 Å². The van der Waals surface area contributed by atoms with Crippen molar-refractivity contribution in [2.24, 2.45) is 0 Å². The molecule has 0 rings (SSSR count). The van der Waals surface area contributed by atoms with Crippen molar-refractivity contribution in [2.75, 3.05) is 20.0 Å². The average molecular weight is 282 g/mol. The topological polar surface area (TPSA) is 80.7 Å². The minimum Gasteiger partial charge on any atom is -0.320 e. The Morgan fingerprint density at radius 1 is 1.20 bits per heavy atom. The van der Waals surface area contributed by atoms with E-state index in [4.69, 9.17) is 4.89 Å². The average Bonchev–Trinajstić information content (AvgIpc) is 1.77. The maximum atomic E-state index is 13.2. The number of hydrogen-bond donors (Lipinski definition) is 1. The van der Waals surface area contributed by atoms with Crippen LogP contribution in [0.3, 0.4) is 0 Å². The second-order valence-electron chi connectivity index (χ2n) is 3.71. The molecule has 0 saturated heterocycles. The molecule has 0 heterocycles. The quantitative estimate of drug-likeness (QED) is 0.628. The third kappa shape index (κ3) is 3.79. The van der Waals surface area contributed by atoms with Crippen LogP contribution in [-0.2, 0) is 18.0 Å². The number of halogens is 2. The summed E-state index contributed by atoms with van der Waals surface area (Å²) in [5, 5.41) is -4.39. The maximum Gasteiger partial charge on any atom is 0.409 e. The predicted octanol–water partition coefficient (Wildman–Crippen LogP) is 1.82. The molecule has 1 N–H and O–H groups in total. The molecule has 0 spiro atoms. The van der Waals surface area contributed by atoms with E-state index < -0.39 is 27.4 Å². The molecule has 0 radical (unpaired) electrons. The summed E-state index contributed by atoms with van der Waals surface area (Å²) >= 11 is 0. The SMILES string of the molecule is BP(C)(=O)OP(=O)(O)C(F)(F)P(C)(C)=O. The lowest BCUT2D eigenvalue weighted by Crippen LogP contribution is -2.17. The lowest BCUT2D eigenvalue weighted by Gasteiger charge is -2.26. The van der Waals surface area contributed by atoms with Crippen molar-refractivity contribution in [1.29, 1.82) is 0 Å². The van der Waals surface area contributed by atoms with Gasteiger partial charge < -0.3 is 14.0 Å². The molecule has 0 amide bonds. The summed E-state index contributed by atoms with van der Waals surface area (Å²) in [5.41, 5.74) is 0. The summed E-state index contributed by atoms with van der Waals surface area (Å²) in [7, 11) is -12.3. The van der Waals surface area contributed by atoms with Crippen molar-refractivity contribution in [1.82, 2.24) is 0 Å². The van der Waals surface area contributed by atoms with E-state index in [9.17, 15) is 22.5 Å². The van der Waals surface area contributed by atoms with E-state index in [1.807, 2.05) is 0 Å². The van der Waals surface area contributed by atoms with Gasteiger partial charge >= 0.3 is 13.0 Å². The fourth-order valence-electron chi connectivity index (χ4n) is 0.620. The summed E-state index contributed by atoms with van der Waals surface area (Å²) < 4.78 is 63.7. The lowest BCUT2D eigenvalue weighted by atomic mass is 10.8. The van der Waals surface area contributed by atoms with Crippen LogP contribution in [0.25, 0.3) is 0 Å². The van der Waals surface area contributed by atoms with E-state index in [-0.39, 0.29) is 0 Å². The minimum atomic E-state index is -5.50. The second-order valence-corrected chi connectivity index (χ2v) is 12.1. The number of alkyl halides is 2. The molecule has 0 aliphatic carbocycles. The van der Waals surface area contributed by atoms with Gasteiger partial charge in [0.2, 0.25) is 7.57 Å².